The molecule has 7 heteroatoms. The van der Waals surface area contributed by atoms with E-state index in [0.717, 1.165) is 11.1 Å². The minimum absolute atomic E-state index is 0.0196. The molecule has 0 spiro atoms. The number of rotatable bonds is 8. The molecule has 0 radical (unpaired) electrons. The summed E-state index contributed by atoms with van der Waals surface area (Å²) in [5.74, 6) is 0.307. The average Bonchev–Trinajstić information content (AvgIpc) is 2.68. The number of ether oxygens (including phenoxy) is 1. The Morgan fingerprint density at radius 1 is 1.03 bits per heavy atom. The lowest BCUT2D eigenvalue weighted by Crippen LogP contribution is -2.49. The van der Waals surface area contributed by atoms with E-state index in [-0.39, 0.29) is 30.8 Å². The second kappa shape index (κ2) is 10.5. The molecule has 0 saturated heterocycles. The van der Waals surface area contributed by atoms with Crippen LogP contribution in [0, 0.1) is 0 Å². The summed E-state index contributed by atoms with van der Waals surface area (Å²) in [5, 5.41) is 3.69. The van der Waals surface area contributed by atoms with Crippen molar-refractivity contribution in [2.75, 3.05) is 7.11 Å². The quantitative estimate of drug-likeness (QED) is 0.662. The highest BCUT2D eigenvalue weighted by Gasteiger charge is 2.26. The van der Waals surface area contributed by atoms with Crippen molar-refractivity contribution in [1.82, 2.24) is 10.2 Å². The van der Waals surface area contributed by atoms with E-state index < -0.39 is 6.04 Å². The fraction of sp³-hybridized carbons (Fsp3) is 0.364. The van der Waals surface area contributed by atoms with E-state index in [1.807, 2.05) is 38.1 Å². The summed E-state index contributed by atoms with van der Waals surface area (Å²) in [6.45, 7) is 5.78. The van der Waals surface area contributed by atoms with E-state index in [4.69, 9.17) is 27.9 Å². The molecule has 5 nitrogen and oxygen atoms in total. The lowest BCUT2D eigenvalue weighted by molar-refractivity contribution is -0.140. The zero-order valence-electron chi connectivity index (χ0n) is 17.0. The number of hydrogen-bond donors (Lipinski definition) is 1. The van der Waals surface area contributed by atoms with Gasteiger partial charge in [-0.05, 0) is 56.2 Å². The molecule has 0 heterocycles. The van der Waals surface area contributed by atoms with Crippen LogP contribution >= 0.6 is 23.2 Å². The van der Waals surface area contributed by atoms with Gasteiger partial charge in [-0.15, -0.1) is 0 Å². The molecular formula is C22H26Cl2N2O3. The van der Waals surface area contributed by atoms with Crippen LogP contribution in [-0.4, -0.2) is 35.9 Å². The third-order valence-electron chi connectivity index (χ3n) is 4.42. The zero-order chi connectivity index (χ0) is 21.6. The van der Waals surface area contributed by atoms with Crippen molar-refractivity contribution in [2.24, 2.45) is 0 Å². The van der Waals surface area contributed by atoms with Crippen molar-refractivity contribution in [2.45, 2.75) is 45.8 Å². The number of amides is 2. The second-order valence-electron chi connectivity index (χ2n) is 7.14. The molecule has 0 aliphatic heterocycles. The number of nitrogens with zero attached hydrogens (tertiary/aromatic N) is 1. The Kier molecular flexibility index (Phi) is 8.35. The Morgan fingerprint density at radius 2 is 1.76 bits per heavy atom. The van der Waals surface area contributed by atoms with E-state index in [9.17, 15) is 9.59 Å². The number of halogens is 2. The van der Waals surface area contributed by atoms with Gasteiger partial charge >= 0.3 is 0 Å². The fourth-order valence-electron chi connectivity index (χ4n) is 2.88. The fourth-order valence-corrected chi connectivity index (χ4v) is 3.20. The van der Waals surface area contributed by atoms with Crippen molar-refractivity contribution < 1.29 is 14.3 Å². The maximum absolute atomic E-state index is 13.1. The number of carbonyl (C=O) groups excluding carboxylic acids is 2. The van der Waals surface area contributed by atoms with Crippen molar-refractivity contribution in [1.29, 1.82) is 0 Å². The van der Waals surface area contributed by atoms with Crippen LogP contribution in [0.5, 0.6) is 5.75 Å². The van der Waals surface area contributed by atoms with Crippen LogP contribution in [0.3, 0.4) is 0 Å². The molecule has 2 aromatic carbocycles. The first-order valence-corrected chi connectivity index (χ1v) is 10.1. The first kappa shape index (κ1) is 23.0. The highest BCUT2D eigenvalue weighted by molar-refractivity contribution is 6.42. The molecule has 0 aromatic heterocycles. The first-order valence-electron chi connectivity index (χ1n) is 9.38. The number of hydrogen-bond acceptors (Lipinski definition) is 3. The topological polar surface area (TPSA) is 58.6 Å². The maximum Gasteiger partial charge on any atom is 0.242 e. The molecule has 0 aliphatic rings. The SMILES string of the molecule is COc1cccc(CN(C(=O)Cc2ccc(Cl)c(Cl)c2)C(C)C(=O)NC(C)C)c1. The van der Waals surface area contributed by atoms with Crippen LogP contribution < -0.4 is 10.1 Å². The summed E-state index contributed by atoms with van der Waals surface area (Å²) < 4.78 is 5.27. The molecule has 1 atom stereocenters. The van der Waals surface area contributed by atoms with Crippen LogP contribution in [-0.2, 0) is 22.6 Å². The highest BCUT2D eigenvalue weighted by Crippen LogP contribution is 2.23. The number of methoxy groups -OCH3 is 1. The maximum atomic E-state index is 13.1. The van der Waals surface area contributed by atoms with Crippen molar-refractivity contribution in [3.8, 4) is 5.75 Å². The average molecular weight is 437 g/mol. The van der Waals surface area contributed by atoms with Gasteiger partial charge in [-0.25, -0.2) is 0 Å². The monoisotopic (exact) mass is 436 g/mol. The Balaban J connectivity index is 2.27. The summed E-state index contributed by atoms with van der Waals surface area (Å²) in [6.07, 6.45) is 0.111. The van der Waals surface area contributed by atoms with Gasteiger partial charge < -0.3 is 15.0 Å². The third kappa shape index (κ3) is 6.65. The van der Waals surface area contributed by atoms with Crippen molar-refractivity contribution in [3.05, 3.63) is 63.6 Å². The van der Waals surface area contributed by atoms with E-state index in [0.29, 0.717) is 15.8 Å². The third-order valence-corrected chi connectivity index (χ3v) is 5.16. The van der Waals surface area contributed by atoms with Gasteiger partial charge in [0.05, 0.1) is 23.6 Å². The zero-order valence-corrected chi connectivity index (χ0v) is 18.6. The Bertz CT molecular complexity index is 871. The minimum atomic E-state index is -0.640. The Hall–Kier alpha value is -2.24. The Morgan fingerprint density at radius 3 is 2.38 bits per heavy atom. The van der Waals surface area contributed by atoms with Crippen molar-refractivity contribution in [3.63, 3.8) is 0 Å². The predicted octanol–water partition coefficient (Wildman–Crippen LogP) is 4.49. The molecule has 0 saturated carbocycles. The standard InChI is InChI=1S/C22H26Cl2N2O3/c1-14(2)25-22(28)15(3)26(13-17-6-5-7-18(10-17)29-4)21(27)12-16-8-9-19(23)20(24)11-16/h5-11,14-15H,12-13H2,1-4H3,(H,25,28). The van der Waals surface area contributed by atoms with Crippen molar-refractivity contribution >= 4 is 35.0 Å². The molecule has 2 rings (SSSR count). The number of benzene rings is 2. The van der Waals surface area contributed by atoms with E-state index in [1.54, 1.807) is 37.1 Å². The molecule has 2 amide bonds. The van der Waals surface area contributed by atoms with Crippen LogP contribution in [0.2, 0.25) is 10.0 Å². The molecule has 2 aromatic rings. The molecule has 0 fully saturated rings. The second-order valence-corrected chi connectivity index (χ2v) is 7.95. The first-order chi connectivity index (χ1) is 13.7. The predicted molar refractivity (Wildman–Crippen MR) is 116 cm³/mol. The van der Waals surface area contributed by atoms with Crippen LogP contribution in [0.25, 0.3) is 0 Å². The smallest absolute Gasteiger partial charge is 0.242 e. The van der Waals surface area contributed by atoms with E-state index in [2.05, 4.69) is 5.32 Å². The van der Waals surface area contributed by atoms with Gasteiger partial charge in [0, 0.05) is 12.6 Å². The lowest BCUT2D eigenvalue weighted by atomic mass is 10.1. The molecule has 1 unspecified atom stereocenters. The Labute approximate surface area is 181 Å². The van der Waals surface area contributed by atoms with Gasteiger partial charge in [-0.2, -0.15) is 0 Å². The molecule has 29 heavy (non-hydrogen) atoms. The van der Waals surface area contributed by atoms with Gasteiger partial charge in [-0.3, -0.25) is 9.59 Å². The highest BCUT2D eigenvalue weighted by atomic mass is 35.5. The number of carbonyl (C=O) groups is 2. The largest absolute Gasteiger partial charge is 0.497 e. The summed E-state index contributed by atoms with van der Waals surface area (Å²) >= 11 is 12.0. The normalized spacial score (nSPS) is 11.8. The van der Waals surface area contributed by atoms with Gasteiger partial charge in [0.25, 0.3) is 0 Å². The molecule has 0 bridgehead atoms. The minimum Gasteiger partial charge on any atom is -0.497 e. The van der Waals surface area contributed by atoms with Gasteiger partial charge in [-0.1, -0.05) is 41.4 Å². The summed E-state index contributed by atoms with van der Waals surface area (Å²) in [5.41, 5.74) is 1.60. The molecular weight excluding hydrogens is 411 g/mol. The van der Waals surface area contributed by atoms with E-state index in [1.165, 1.54) is 0 Å². The van der Waals surface area contributed by atoms with Crippen LogP contribution in [0.4, 0.5) is 0 Å². The molecule has 1 N–H and O–H groups in total. The van der Waals surface area contributed by atoms with Gasteiger partial charge in [0.2, 0.25) is 11.8 Å². The summed E-state index contributed by atoms with van der Waals surface area (Å²) in [4.78, 5) is 27.3. The molecule has 156 valence electrons. The van der Waals surface area contributed by atoms with E-state index >= 15 is 0 Å². The van der Waals surface area contributed by atoms with Gasteiger partial charge in [0.1, 0.15) is 11.8 Å². The summed E-state index contributed by atoms with van der Waals surface area (Å²) in [7, 11) is 1.59. The van der Waals surface area contributed by atoms with Crippen LogP contribution in [0.15, 0.2) is 42.5 Å². The molecule has 0 aliphatic carbocycles. The number of nitrogens with one attached hydrogen (secondary N) is 1. The lowest BCUT2D eigenvalue weighted by Gasteiger charge is -2.29. The van der Waals surface area contributed by atoms with Crippen LogP contribution in [0.1, 0.15) is 31.9 Å². The van der Waals surface area contributed by atoms with Gasteiger partial charge in [0.15, 0.2) is 0 Å². The summed E-state index contributed by atoms with van der Waals surface area (Å²) in [6, 6.07) is 11.9.